The maximum Gasteiger partial charge on any atom is 0.146 e. The lowest BCUT2D eigenvalue weighted by Crippen LogP contribution is -2.29. The van der Waals surface area contributed by atoms with Crippen molar-refractivity contribution in [3.63, 3.8) is 0 Å². The molecule has 0 aliphatic carbocycles. The summed E-state index contributed by atoms with van der Waals surface area (Å²) in [5, 5.41) is 0. The van der Waals surface area contributed by atoms with E-state index >= 15 is 0 Å². The highest BCUT2D eigenvalue weighted by Crippen LogP contribution is 2.35. The zero-order valence-electron chi connectivity index (χ0n) is 13.1. The van der Waals surface area contributed by atoms with Gasteiger partial charge in [-0.3, -0.25) is 0 Å². The van der Waals surface area contributed by atoms with Crippen LogP contribution in [0.2, 0.25) is 0 Å². The summed E-state index contributed by atoms with van der Waals surface area (Å²) in [6, 6.07) is 6.05. The zero-order chi connectivity index (χ0) is 15.5. The molecule has 0 aliphatic rings. The van der Waals surface area contributed by atoms with Crippen molar-refractivity contribution in [2.24, 2.45) is 0 Å². The van der Waals surface area contributed by atoms with Gasteiger partial charge in [-0.25, -0.2) is 4.98 Å². The number of fused-ring (bicyclic) bond motifs is 1. The van der Waals surface area contributed by atoms with Crippen LogP contribution in [0.15, 0.2) is 18.2 Å². The Morgan fingerprint density at radius 3 is 2.57 bits per heavy atom. The smallest absolute Gasteiger partial charge is 0.146 e. The largest absolute Gasteiger partial charge is 0.494 e. The third kappa shape index (κ3) is 3.02. The molecule has 0 saturated carbocycles. The lowest BCUT2D eigenvalue weighted by Gasteiger charge is -2.31. The molecule has 0 unspecified atom stereocenters. The van der Waals surface area contributed by atoms with Crippen molar-refractivity contribution in [3.05, 3.63) is 24.0 Å². The van der Waals surface area contributed by atoms with Gasteiger partial charge in [-0.15, -0.1) is 11.6 Å². The first-order valence-corrected chi connectivity index (χ1v) is 9.03. The van der Waals surface area contributed by atoms with Gasteiger partial charge in [0, 0.05) is 11.3 Å². The quantitative estimate of drug-likeness (QED) is 0.690. The van der Waals surface area contributed by atoms with E-state index < -0.39 is 0 Å². The minimum atomic E-state index is 0.220. The van der Waals surface area contributed by atoms with Crippen LogP contribution >= 0.6 is 23.4 Å². The van der Waals surface area contributed by atoms with Crippen LogP contribution in [-0.2, 0) is 12.4 Å². The molecule has 2 rings (SSSR count). The van der Waals surface area contributed by atoms with Crippen molar-refractivity contribution in [1.82, 2.24) is 9.55 Å². The number of hydrogen-bond acceptors (Lipinski definition) is 3. The van der Waals surface area contributed by atoms with Crippen LogP contribution in [0.5, 0.6) is 5.75 Å². The van der Waals surface area contributed by atoms with Crippen molar-refractivity contribution in [3.8, 4) is 5.75 Å². The third-order valence-corrected chi connectivity index (χ3v) is 6.14. The molecule has 1 heterocycles. The number of rotatable bonds is 7. The highest BCUT2D eigenvalue weighted by Gasteiger charge is 2.27. The van der Waals surface area contributed by atoms with Crippen LogP contribution in [0.4, 0.5) is 0 Å². The Bertz CT molecular complexity index is 599. The molecule has 1 aromatic heterocycles. The maximum absolute atomic E-state index is 6.13. The topological polar surface area (TPSA) is 27.1 Å². The lowest BCUT2D eigenvalue weighted by molar-refractivity contribution is 0.419. The number of ether oxygens (including phenoxy) is 1. The molecule has 5 heteroatoms. The van der Waals surface area contributed by atoms with Crippen LogP contribution in [0.1, 0.15) is 32.5 Å². The number of alkyl halides is 1. The number of benzene rings is 1. The number of halogens is 1. The molecule has 0 fully saturated rings. The van der Waals surface area contributed by atoms with Crippen molar-refractivity contribution in [2.75, 3.05) is 13.4 Å². The van der Waals surface area contributed by atoms with E-state index in [2.05, 4.69) is 35.7 Å². The van der Waals surface area contributed by atoms with Gasteiger partial charge in [0.2, 0.25) is 0 Å². The van der Waals surface area contributed by atoms with E-state index in [1.54, 1.807) is 7.11 Å². The second-order valence-corrected chi connectivity index (χ2v) is 6.71. The van der Waals surface area contributed by atoms with Crippen molar-refractivity contribution in [2.45, 2.75) is 43.9 Å². The Kier molecular flexibility index (Phi) is 5.44. The van der Waals surface area contributed by atoms with Gasteiger partial charge in [0.1, 0.15) is 17.1 Å². The Balaban J connectivity index is 2.57. The number of thioether (sulfide) groups is 1. The highest BCUT2D eigenvalue weighted by molar-refractivity contribution is 8.00. The molecule has 21 heavy (non-hydrogen) atoms. The number of imidazole rings is 1. The monoisotopic (exact) mass is 326 g/mol. The van der Waals surface area contributed by atoms with Gasteiger partial charge < -0.3 is 9.30 Å². The molecule has 0 spiro atoms. The highest BCUT2D eigenvalue weighted by atomic mass is 35.5. The van der Waals surface area contributed by atoms with E-state index in [0.29, 0.717) is 5.88 Å². The molecule has 0 aliphatic heterocycles. The fourth-order valence-electron chi connectivity index (χ4n) is 2.73. The second-order valence-electron chi connectivity index (χ2n) is 5.17. The minimum absolute atomic E-state index is 0.220. The number of nitrogens with zero attached hydrogens (tertiary/aromatic N) is 2. The van der Waals surface area contributed by atoms with Crippen LogP contribution in [0.3, 0.4) is 0 Å². The Hall–Kier alpha value is -0.870. The second kappa shape index (κ2) is 6.93. The average molecular weight is 327 g/mol. The third-order valence-electron chi connectivity index (χ3n) is 4.33. The van der Waals surface area contributed by atoms with Crippen LogP contribution in [-0.4, -0.2) is 27.7 Å². The Morgan fingerprint density at radius 2 is 2.05 bits per heavy atom. The molecule has 0 saturated heterocycles. The first-order chi connectivity index (χ1) is 10.1. The van der Waals surface area contributed by atoms with Gasteiger partial charge in [-0.2, -0.15) is 11.8 Å². The molecule has 2 aromatic rings. The molecular weight excluding hydrogens is 304 g/mol. The molecular formula is C16H23ClN2OS. The fraction of sp³-hybridized carbons (Fsp3) is 0.562. The normalized spacial score (nSPS) is 12.0. The summed E-state index contributed by atoms with van der Waals surface area (Å²) in [4.78, 5) is 4.69. The molecule has 0 radical (unpaired) electrons. The Morgan fingerprint density at radius 1 is 1.33 bits per heavy atom. The summed E-state index contributed by atoms with van der Waals surface area (Å²) in [6.07, 6.45) is 4.43. The molecule has 3 nitrogen and oxygen atoms in total. The van der Waals surface area contributed by atoms with E-state index in [1.807, 2.05) is 23.9 Å². The first-order valence-electron chi connectivity index (χ1n) is 7.28. The van der Waals surface area contributed by atoms with Gasteiger partial charge >= 0.3 is 0 Å². The minimum Gasteiger partial charge on any atom is -0.494 e. The van der Waals surface area contributed by atoms with Crippen molar-refractivity contribution >= 4 is 34.4 Å². The molecule has 0 bridgehead atoms. The van der Waals surface area contributed by atoms with E-state index in [-0.39, 0.29) is 4.75 Å². The summed E-state index contributed by atoms with van der Waals surface area (Å²) < 4.78 is 7.90. The van der Waals surface area contributed by atoms with Crippen LogP contribution in [0, 0.1) is 0 Å². The zero-order valence-corrected chi connectivity index (χ0v) is 14.7. The van der Waals surface area contributed by atoms with Crippen LogP contribution in [0.25, 0.3) is 11.0 Å². The van der Waals surface area contributed by atoms with E-state index in [1.165, 1.54) is 0 Å². The predicted octanol–water partition coefficient (Wildman–Crippen LogP) is 4.71. The number of hydrogen-bond donors (Lipinski definition) is 0. The molecule has 0 atom stereocenters. The number of para-hydroxylation sites is 1. The summed E-state index contributed by atoms with van der Waals surface area (Å²) in [5.41, 5.74) is 2.00. The SMILES string of the molecule is CCC(CC)(Cn1c(CCl)nc2c(OC)cccc21)SC. The summed E-state index contributed by atoms with van der Waals surface area (Å²) in [6.45, 7) is 5.42. The van der Waals surface area contributed by atoms with Gasteiger partial charge in [-0.1, -0.05) is 19.9 Å². The summed E-state index contributed by atoms with van der Waals surface area (Å²) in [7, 11) is 1.68. The van der Waals surface area contributed by atoms with E-state index in [9.17, 15) is 0 Å². The first kappa shape index (κ1) is 16.5. The van der Waals surface area contributed by atoms with E-state index in [0.717, 1.165) is 42.0 Å². The molecule has 1 aromatic carbocycles. The van der Waals surface area contributed by atoms with Gasteiger partial charge in [0.15, 0.2) is 0 Å². The standard InChI is InChI=1S/C16H23ClN2OS/c1-5-16(6-2,21-4)11-19-12-8-7-9-13(20-3)15(12)18-14(19)10-17/h7-9H,5-6,10-11H2,1-4H3. The molecule has 0 amide bonds. The number of methoxy groups -OCH3 is 1. The molecule has 0 N–H and O–H groups in total. The fourth-order valence-corrected chi connectivity index (χ4v) is 3.77. The molecule has 116 valence electrons. The maximum atomic E-state index is 6.13. The summed E-state index contributed by atoms with van der Waals surface area (Å²) >= 11 is 8.06. The van der Waals surface area contributed by atoms with Gasteiger partial charge in [0.05, 0.1) is 18.5 Å². The van der Waals surface area contributed by atoms with E-state index in [4.69, 9.17) is 16.3 Å². The van der Waals surface area contributed by atoms with Gasteiger partial charge in [0.25, 0.3) is 0 Å². The average Bonchev–Trinajstić information content (AvgIpc) is 2.90. The van der Waals surface area contributed by atoms with Crippen molar-refractivity contribution in [1.29, 1.82) is 0 Å². The predicted molar refractivity (Wildman–Crippen MR) is 92.7 cm³/mol. The summed E-state index contributed by atoms with van der Waals surface area (Å²) in [5.74, 6) is 2.13. The number of aromatic nitrogens is 2. The van der Waals surface area contributed by atoms with Gasteiger partial charge in [-0.05, 0) is 31.2 Å². The lowest BCUT2D eigenvalue weighted by atomic mass is 10.0. The van der Waals surface area contributed by atoms with Crippen LogP contribution < -0.4 is 4.74 Å². The Labute approximate surface area is 136 Å². The van der Waals surface area contributed by atoms with Crippen molar-refractivity contribution < 1.29 is 4.74 Å².